The van der Waals surface area contributed by atoms with E-state index in [1.54, 1.807) is 6.07 Å². The van der Waals surface area contributed by atoms with E-state index in [0.717, 1.165) is 5.56 Å². The van der Waals surface area contributed by atoms with Crippen molar-refractivity contribution in [3.8, 4) is 0 Å². The van der Waals surface area contributed by atoms with Crippen molar-refractivity contribution in [1.29, 1.82) is 0 Å². The summed E-state index contributed by atoms with van der Waals surface area (Å²) in [6.07, 6.45) is 0. The van der Waals surface area contributed by atoms with Gasteiger partial charge in [0.05, 0.1) is 0 Å². The summed E-state index contributed by atoms with van der Waals surface area (Å²) in [5.41, 5.74) is 2.39. The number of ketones is 1. The van der Waals surface area contributed by atoms with Crippen molar-refractivity contribution < 1.29 is 14.3 Å². The number of oxazole rings is 1. The maximum atomic E-state index is 11.4. The molecule has 1 heterocycles. The van der Waals surface area contributed by atoms with Crippen LogP contribution in [-0.4, -0.2) is 15.9 Å². The van der Waals surface area contributed by atoms with Crippen LogP contribution in [-0.2, 0) is 4.79 Å². The van der Waals surface area contributed by atoms with Crippen LogP contribution in [0.3, 0.4) is 0 Å². The number of aliphatic hydroxyl groups excluding tert-OH is 1. The summed E-state index contributed by atoms with van der Waals surface area (Å²) in [6, 6.07) is 5.58. The summed E-state index contributed by atoms with van der Waals surface area (Å²) in [6.45, 7) is 4.72. The molecule has 88 valence electrons. The smallest absolute Gasteiger partial charge is 0.234 e. The molecule has 17 heavy (non-hydrogen) atoms. The second-order valence-corrected chi connectivity index (χ2v) is 3.96. The molecular weight excluding hydrogens is 218 g/mol. The number of rotatable bonds is 2. The first kappa shape index (κ1) is 11.4. The minimum absolute atomic E-state index is 0.0818. The minimum Gasteiger partial charge on any atom is -0.512 e. The Hall–Kier alpha value is -2.10. The SMILES string of the molecule is CC(=O)/C(=C(\C)O)c1nc2cccc(C)c2o1. The second-order valence-electron chi connectivity index (χ2n) is 3.96. The van der Waals surface area contributed by atoms with Gasteiger partial charge in [0.25, 0.3) is 0 Å². The number of carbonyl (C=O) groups excluding carboxylic acids is 1. The van der Waals surface area contributed by atoms with Crippen LogP contribution in [0.25, 0.3) is 16.7 Å². The minimum atomic E-state index is -0.269. The lowest BCUT2D eigenvalue weighted by atomic mass is 10.1. The van der Waals surface area contributed by atoms with E-state index >= 15 is 0 Å². The van der Waals surface area contributed by atoms with Crippen LogP contribution in [0.5, 0.6) is 0 Å². The first-order valence-corrected chi connectivity index (χ1v) is 5.28. The summed E-state index contributed by atoms with van der Waals surface area (Å²) < 4.78 is 5.53. The summed E-state index contributed by atoms with van der Waals surface area (Å²) in [7, 11) is 0. The maximum absolute atomic E-state index is 11.4. The molecule has 0 saturated heterocycles. The Balaban J connectivity index is 2.69. The number of aryl methyl sites for hydroxylation is 1. The molecule has 0 saturated carbocycles. The van der Waals surface area contributed by atoms with Crippen LogP contribution in [0.4, 0.5) is 0 Å². The molecule has 0 spiro atoms. The van der Waals surface area contributed by atoms with Crippen molar-refractivity contribution in [2.45, 2.75) is 20.8 Å². The topological polar surface area (TPSA) is 63.3 Å². The molecule has 0 unspecified atom stereocenters. The van der Waals surface area contributed by atoms with Crippen LogP contribution in [0.15, 0.2) is 28.4 Å². The van der Waals surface area contributed by atoms with Gasteiger partial charge in [-0.05, 0) is 32.4 Å². The highest BCUT2D eigenvalue weighted by atomic mass is 16.4. The Kier molecular flexibility index (Phi) is 2.71. The highest BCUT2D eigenvalue weighted by Gasteiger charge is 2.18. The molecule has 0 aliphatic rings. The number of aromatic nitrogens is 1. The number of benzene rings is 1. The fraction of sp³-hybridized carbons (Fsp3) is 0.231. The van der Waals surface area contributed by atoms with Crippen molar-refractivity contribution in [3.63, 3.8) is 0 Å². The zero-order valence-corrected chi connectivity index (χ0v) is 9.94. The molecular formula is C13H13NO3. The van der Waals surface area contributed by atoms with Crippen LogP contribution >= 0.6 is 0 Å². The molecule has 0 fully saturated rings. The number of allylic oxidation sites excluding steroid dienone is 2. The van der Waals surface area contributed by atoms with Crippen molar-refractivity contribution in [2.75, 3.05) is 0 Å². The van der Waals surface area contributed by atoms with Crippen molar-refractivity contribution in [3.05, 3.63) is 35.4 Å². The van der Waals surface area contributed by atoms with E-state index in [0.29, 0.717) is 11.1 Å². The lowest BCUT2D eigenvalue weighted by Gasteiger charge is -1.98. The summed E-state index contributed by atoms with van der Waals surface area (Å²) in [5, 5.41) is 9.49. The van der Waals surface area contributed by atoms with Crippen LogP contribution in [0.1, 0.15) is 25.3 Å². The van der Waals surface area contributed by atoms with Gasteiger partial charge in [0.1, 0.15) is 16.8 Å². The highest BCUT2D eigenvalue weighted by molar-refractivity contribution is 6.19. The number of hydrogen-bond donors (Lipinski definition) is 1. The number of Topliss-reactive ketones (excluding diaryl/α,β-unsaturated/α-hetero) is 1. The molecule has 4 nitrogen and oxygen atoms in total. The fourth-order valence-corrected chi connectivity index (χ4v) is 1.75. The standard InChI is InChI=1S/C13H13NO3/c1-7-5-4-6-10-12(7)17-13(14-10)11(8(2)15)9(3)16/h4-6,15H,1-3H3/b11-8-. The molecule has 1 aromatic heterocycles. The first-order chi connectivity index (χ1) is 8.00. The lowest BCUT2D eigenvalue weighted by molar-refractivity contribution is -0.112. The zero-order valence-electron chi connectivity index (χ0n) is 9.94. The molecule has 0 radical (unpaired) electrons. The maximum Gasteiger partial charge on any atom is 0.234 e. The first-order valence-electron chi connectivity index (χ1n) is 5.28. The van der Waals surface area contributed by atoms with Gasteiger partial charge in [-0.25, -0.2) is 4.98 Å². The van der Waals surface area contributed by atoms with Crippen molar-refractivity contribution in [2.24, 2.45) is 0 Å². The van der Waals surface area contributed by atoms with Crippen molar-refractivity contribution >= 4 is 22.5 Å². The molecule has 1 N–H and O–H groups in total. The zero-order chi connectivity index (χ0) is 12.6. The molecule has 0 aliphatic carbocycles. The summed E-state index contributed by atoms with van der Waals surface area (Å²) in [4.78, 5) is 15.6. The molecule has 0 amide bonds. The molecule has 0 bridgehead atoms. The predicted molar refractivity (Wildman–Crippen MR) is 64.6 cm³/mol. The predicted octanol–water partition coefficient (Wildman–Crippen LogP) is 3.01. The van der Waals surface area contributed by atoms with E-state index in [2.05, 4.69) is 4.98 Å². The Morgan fingerprint density at radius 3 is 2.59 bits per heavy atom. The third-order valence-electron chi connectivity index (χ3n) is 2.54. The van der Waals surface area contributed by atoms with Gasteiger partial charge >= 0.3 is 0 Å². The van der Waals surface area contributed by atoms with Gasteiger partial charge in [0, 0.05) is 0 Å². The van der Waals surface area contributed by atoms with Crippen LogP contribution < -0.4 is 0 Å². The molecule has 2 aromatic rings. The molecule has 2 rings (SSSR count). The number of hydrogen-bond acceptors (Lipinski definition) is 4. The van der Waals surface area contributed by atoms with Crippen LogP contribution in [0.2, 0.25) is 0 Å². The van der Waals surface area contributed by atoms with E-state index < -0.39 is 0 Å². The summed E-state index contributed by atoms with van der Waals surface area (Å²) in [5.74, 6) is -0.183. The Morgan fingerprint density at radius 2 is 2.06 bits per heavy atom. The normalized spacial score (nSPS) is 12.6. The van der Waals surface area contributed by atoms with Gasteiger partial charge < -0.3 is 9.52 Å². The fourth-order valence-electron chi connectivity index (χ4n) is 1.75. The Morgan fingerprint density at radius 1 is 1.35 bits per heavy atom. The average Bonchev–Trinajstić information content (AvgIpc) is 2.61. The average molecular weight is 231 g/mol. The summed E-state index contributed by atoms with van der Waals surface area (Å²) >= 11 is 0. The van der Waals surface area contributed by atoms with Gasteiger partial charge in [0.15, 0.2) is 11.4 Å². The Bertz CT molecular complexity index is 619. The van der Waals surface area contributed by atoms with Gasteiger partial charge in [-0.15, -0.1) is 0 Å². The number of carbonyl (C=O) groups is 1. The van der Waals surface area contributed by atoms with E-state index in [-0.39, 0.29) is 23.0 Å². The van der Waals surface area contributed by atoms with Gasteiger partial charge in [0.2, 0.25) is 5.89 Å². The van der Waals surface area contributed by atoms with Gasteiger partial charge in [-0.1, -0.05) is 12.1 Å². The number of aliphatic hydroxyl groups is 1. The third kappa shape index (κ3) is 1.93. The second kappa shape index (κ2) is 4.05. The van der Waals surface area contributed by atoms with Gasteiger partial charge in [-0.3, -0.25) is 4.79 Å². The largest absolute Gasteiger partial charge is 0.512 e. The molecule has 1 aromatic carbocycles. The molecule has 0 aliphatic heterocycles. The van der Waals surface area contributed by atoms with E-state index in [1.165, 1.54) is 13.8 Å². The van der Waals surface area contributed by atoms with Gasteiger partial charge in [-0.2, -0.15) is 0 Å². The van der Waals surface area contributed by atoms with E-state index in [9.17, 15) is 9.90 Å². The quantitative estimate of drug-likeness (QED) is 0.637. The van der Waals surface area contributed by atoms with E-state index in [4.69, 9.17) is 4.42 Å². The number of nitrogens with zero attached hydrogens (tertiary/aromatic N) is 1. The molecule has 0 atom stereocenters. The highest BCUT2D eigenvalue weighted by Crippen LogP contribution is 2.25. The lowest BCUT2D eigenvalue weighted by Crippen LogP contribution is -1.99. The third-order valence-corrected chi connectivity index (χ3v) is 2.54. The number of para-hydroxylation sites is 1. The van der Waals surface area contributed by atoms with Crippen LogP contribution in [0, 0.1) is 6.92 Å². The van der Waals surface area contributed by atoms with Crippen molar-refractivity contribution in [1.82, 2.24) is 4.98 Å². The number of fused-ring (bicyclic) bond motifs is 1. The Labute approximate surface area is 98.6 Å². The van der Waals surface area contributed by atoms with E-state index in [1.807, 2.05) is 19.1 Å². The molecule has 4 heteroatoms. The monoisotopic (exact) mass is 231 g/mol.